The number of nitrogens with one attached hydrogen (secondary N) is 1. The summed E-state index contributed by atoms with van der Waals surface area (Å²) >= 11 is 0. The summed E-state index contributed by atoms with van der Waals surface area (Å²) in [6, 6.07) is 5.29. The zero-order valence-corrected chi connectivity index (χ0v) is 12.0. The van der Waals surface area contributed by atoms with Crippen molar-refractivity contribution in [2.24, 2.45) is 0 Å². The molecule has 0 bridgehead atoms. The maximum absolute atomic E-state index is 12.1. The molecule has 0 spiro atoms. The fraction of sp³-hybridized carbons (Fsp3) is 0.571. The van der Waals surface area contributed by atoms with Gasteiger partial charge in [0.05, 0.1) is 26.9 Å². The highest BCUT2D eigenvalue weighted by atomic mass is 19.3. The van der Waals surface area contributed by atoms with Crippen LogP contribution in [0.2, 0.25) is 0 Å². The van der Waals surface area contributed by atoms with Crippen molar-refractivity contribution in [1.29, 1.82) is 0 Å². The molecule has 1 atom stereocenters. The zero-order valence-electron chi connectivity index (χ0n) is 12.0. The van der Waals surface area contributed by atoms with Gasteiger partial charge in [-0.2, -0.15) is 0 Å². The second kappa shape index (κ2) is 8.71. The molecule has 0 aliphatic heterocycles. The van der Waals surface area contributed by atoms with E-state index >= 15 is 0 Å². The normalized spacial score (nSPS) is 12.5. The van der Waals surface area contributed by atoms with Gasteiger partial charge in [-0.15, -0.1) is 0 Å². The first-order chi connectivity index (χ1) is 9.62. The first kappa shape index (κ1) is 16.7. The van der Waals surface area contributed by atoms with Crippen LogP contribution in [0.3, 0.4) is 0 Å². The molecular weight excluding hydrogens is 268 g/mol. The fourth-order valence-corrected chi connectivity index (χ4v) is 1.86. The number of rotatable bonds is 9. The number of hydrogen-bond acceptors (Lipinski definition) is 4. The van der Waals surface area contributed by atoms with Crippen molar-refractivity contribution in [2.75, 3.05) is 34.0 Å². The number of hydrogen-bond donors (Lipinski definition) is 1. The number of benzene rings is 1. The smallest absolute Gasteiger partial charge is 0.261 e. The number of halogens is 2. The van der Waals surface area contributed by atoms with E-state index in [1.807, 2.05) is 19.1 Å². The monoisotopic (exact) mass is 289 g/mol. The molecule has 1 aromatic rings. The lowest BCUT2D eigenvalue weighted by Crippen LogP contribution is -2.26. The molecule has 0 saturated carbocycles. The molecule has 0 fully saturated rings. The maximum atomic E-state index is 12.1. The van der Waals surface area contributed by atoms with Gasteiger partial charge in [0, 0.05) is 0 Å². The van der Waals surface area contributed by atoms with Gasteiger partial charge in [-0.3, -0.25) is 0 Å². The third kappa shape index (κ3) is 4.94. The van der Waals surface area contributed by atoms with Crippen LogP contribution >= 0.6 is 0 Å². The summed E-state index contributed by atoms with van der Waals surface area (Å²) in [6.07, 6.45) is -2.46. The van der Waals surface area contributed by atoms with Crippen molar-refractivity contribution in [3.05, 3.63) is 23.8 Å². The molecule has 0 aliphatic carbocycles. The summed E-state index contributed by atoms with van der Waals surface area (Å²) < 4.78 is 39.6. The molecule has 0 saturated heterocycles. The van der Waals surface area contributed by atoms with Crippen LogP contribution in [0.5, 0.6) is 11.5 Å². The van der Waals surface area contributed by atoms with E-state index in [-0.39, 0.29) is 12.6 Å². The van der Waals surface area contributed by atoms with Crippen LogP contribution in [-0.4, -0.2) is 40.4 Å². The summed E-state index contributed by atoms with van der Waals surface area (Å²) in [6.45, 7) is 2.26. The second-order valence-corrected chi connectivity index (χ2v) is 4.15. The largest absolute Gasteiger partial charge is 0.493 e. The van der Waals surface area contributed by atoms with E-state index in [0.29, 0.717) is 18.0 Å². The summed E-state index contributed by atoms with van der Waals surface area (Å²) in [5.41, 5.74) is 0.902. The lowest BCUT2D eigenvalue weighted by atomic mass is 10.1. The predicted molar refractivity (Wildman–Crippen MR) is 72.8 cm³/mol. The SMILES string of the molecule is CCNC(COCC(F)F)c1ccc(OC)c(OC)c1. The quantitative estimate of drug-likeness (QED) is 0.758. The van der Waals surface area contributed by atoms with Gasteiger partial charge in [0.15, 0.2) is 11.5 Å². The molecule has 0 amide bonds. The highest BCUT2D eigenvalue weighted by Crippen LogP contribution is 2.30. The number of likely N-dealkylation sites (N-methyl/N-ethyl adjacent to an activating group) is 1. The molecule has 114 valence electrons. The Hall–Kier alpha value is -1.40. The molecule has 1 unspecified atom stereocenters. The van der Waals surface area contributed by atoms with Gasteiger partial charge in [-0.05, 0) is 24.2 Å². The van der Waals surface area contributed by atoms with Gasteiger partial charge >= 0.3 is 0 Å². The minimum atomic E-state index is -2.46. The van der Waals surface area contributed by atoms with Gasteiger partial charge in [0.1, 0.15) is 6.61 Å². The van der Waals surface area contributed by atoms with Gasteiger partial charge in [0.2, 0.25) is 0 Å². The summed E-state index contributed by atoms with van der Waals surface area (Å²) in [5, 5.41) is 3.20. The predicted octanol–water partition coefficient (Wildman–Crippen LogP) is 2.64. The highest BCUT2D eigenvalue weighted by Gasteiger charge is 2.14. The molecule has 4 nitrogen and oxygen atoms in total. The van der Waals surface area contributed by atoms with E-state index in [0.717, 1.165) is 5.56 Å². The van der Waals surface area contributed by atoms with E-state index in [2.05, 4.69) is 5.32 Å². The Balaban J connectivity index is 2.79. The fourth-order valence-electron chi connectivity index (χ4n) is 1.86. The number of ether oxygens (including phenoxy) is 3. The van der Waals surface area contributed by atoms with Gasteiger partial charge < -0.3 is 19.5 Å². The first-order valence-electron chi connectivity index (χ1n) is 6.43. The van der Waals surface area contributed by atoms with Crippen LogP contribution in [0.25, 0.3) is 0 Å². The van der Waals surface area contributed by atoms with Crippen molar-refractivity contribution >= 4 is 0 Å². The summed E-state index contributed by atoms with van der Waals surface area (Å²) in [7, 11) is 3.11. The van der Waals surface area contributed by atoms with Crippen LogP contribution in [0, 0.1) is 0 Å². The van der Waals surface area contributed by atoms with Crippen LogP contribution in [0.1, 0.15) is 18.5 Å². The molecule has 20 heavy (non-hydrogen) atoms. The van der Waals surface area contributed by atoms with Crippen molar-refractivity contribution in [2.45, 2.75) is 19.4 Å². The van der Waals surface area contributed by atoms with E-state index in [1.165, 1.54) is 0 Å². The van der Waals surface area contributed by atoms with E-state index in [1.54, 1.807) is 20.3 Å². The Morgan fingerprint density at radius 3 is 2.35 bits per heavy atom. The van der Waals surface area contributed by atoms with Crippen LogP contribution < -0.4 is 14.8 Å². The molecule has 1 rings (SSSR count). The Morgan fingerprint density at radius 2 is 1.80 bits per heavy atom. The third-order valence-corrected chi connectivity index (χ3v) is 2.79. The van der Waals surface area contributed by atoms with Crippen molar-refractivity contribution in [3.8, 4) is 11.5 Å². The molecule has 0 aliphatic rings. The molecule has 0 radical (unpaired) electrons. The summed E-state index contributed by atoms with van der Waals surface area (Å²) in [4.78, 5) is 0. The van der Waals surface area contributed by atoms with Crippen LogP contribution in [0.15, 0.2) is 18.2 Å². The topological polar surface area (TPSA) is 39.7 Å². The zero-order chi connectivity index (χ0) is 15.0. The van der Waals surface area contributed by atoms with Gasteiger partial charge in [-0.1, -0.05) is 13.0 Å². The Morgan fingerprint density at radius 1 is 1.10 bits per heavy atom. The molecule has 0 aromatic heterocycles. The number of methoxy groups -OCH3 is 2. The highest BCUT2D eigenvalue weighted by molar-refractivity contribution is 5.43. The minimum Gasteiger partial charge on any atom is -0.493 e. The van der Waals surface area contributed by atoms with Crippen molar-refractivity contribution < 1.29 is 23.0 Å². The lowest BCUT2D eigenvalue weighted by molar-refractivity contribution is 0.00932. The molecular formula is C14H21F2NO3. The number of alkyl halides is 2. The lowest BCUT2D eigenvalue weighted by Gasteiger charge is -2.20. The van der Waals surface area contributed by atoms with E-state index < -0.39 is 13.0 Å². The van der Waals surface area contributed by atoms with Crippen molar-refractivity contribution in [1.82, 2.24) is 5.32 Å². The van der Waals surface area contributed by atoms with E-state index in [4.69, 9.17) is 14.2 Å². The van der Waals surface area contributed by atoms with Crippen LogP contribution in [-0.2, 0) is 4.74 Å². The standard InChI is InChI=1S/C14H21F2NO3/c1-4-17-11(8-20-9-14(15)16)10-5-6-12(18-2)13(7-10)19-3/h5-7,11,14,17H,4,8-9H2,1-3H3. The van der Waals surface area contributed by atoms with Gasteiger partial charge in [0.25, 0.3) is 6.43 Å². The van der Waals surface area contributed by atoms with Gasteiger partial charge in [-0.25, -0.2) is 8.78 Å². The Kier molecular flexibility index (Phi) is 7.25. The molecule has 6 heteroatoms. The Bertz CT molecular complexity index is 402. The second-order valence-electron chi connectivity index (χ2n) is 4.15. The van der Waals surface area contributed by atoms with E-state index in [9.17, 15) is 8.78 Å². The average Bonchev–Trinajstić information content (AvgIpc) is 2.45. The third-order valence-electron chi connectivity index (χ3n) is 2.79. The van der Waals surface area contributed by atoms with Crippen LogP contribution in [0.4, 0.5) is 8.78 Å². The average molecular weight is 289 g/mol. The minimum absolute atomic E-state index is 0.168. The summed E-state index contributed by atoms with van der Waals surface area (Å²) in [5.74, 6) is 1.22. The van der Waals surface area contributed by atoms with Crippen molar-refractivity contribution in [3.63, 3.8) is 0 Å². The maximum Gasteiger partial charge on any atom is 0.261 e. The first-order valence-corrected chi connectivity index (χ1v) is 6.43. The molecule has 1 N–H and O–H groups in total. The molecule has 0 heterocycles. The molecule has 1 aromatic carbocycles. The Labute approximate surface area is 118 Å².